The molecule has 9 aromatic rings. The Hall–Kier alpha value is -5.60. The van der Waals surface area contributed by atoms with Crippen molar-refractivity contribution in [3.05, 3.63) is 158 Å². The Balaban J connectivity index is 1.37. The highest BCUT2D eigenvalue weighted by molar-refractivity contribution is 6.15. The van der Waals surface area contributed by atoms with Gasteiger partial charge in [-0.15, -0.1) is 0 Å². The van der Waals surface area contributed by atoms with Crippen molar-refractivity contribution in [2.75, 3.05) is 0 Å². The van der Waals surface area contributed by atoms with E-state index in [-0.39, 0.29) is 0 Å². The van der Waals surface area contributed by atoms with Gasteiger partial charge in [0.25, 0.3) is 0 Å². The Labute approximate surface area is 243 Å². The van der Waals surface area contributed by atoms with Crippen molar-refractivity contribution in [1.82, 2.24) is 9.13 Å². The topological polar surface area (TPSA) is 9.86 Å². The Kier molecular flexibility index (Phi) is 4.93. The van der Waals surface area contributed by atoms with Crippen LogP contribution < -0.4 is 0 Å². The molecule has 0 bridgehead atoms. The molecule has 196 valence electrons. The summed E-state index contributed by atoms with van der Waals surface area (Å²) in [6.45, 7) is 0. The molecule has 7 aromatic carbocycles. The molecule has 0 N–H and O–H groups in total. The Morgan fingerprint density at radius 1 is 0.333 bits per heavy atom. The number of nitrogens with zero attached hydrogens (tertiary/aromatic N) is 2. The number of aromatic nitrogens is 2. The van der Waals surface area contributed by atoms with E-state index in [9.17, 15) is 0 Å². The molecule has 0 amide bonds. The van der Waals surface area contributed by atoms with E-state index in [0.717, 1.165) is 0 Å². The van der Waals surface area contributed by atoms with Crippen molar-refractivity contribution in [3.8, 4) is 22.5 Å². The van der Waals surface area contributed by atoms with Gasteiger partial charge >= 0.3 is 0 Å². The van der Waals surface area contributed by atoms with E-state index in [0.29, 0.717) is 0 Å². The lowest BCUT2D eigenvalue weighted by Crippen LogP contribution is -1.96. The number of rotatable bonds is 3. The molecule has 0 spiro atoms. The molecule has 42 heavy (non-hydrogen) atoms. The predicted octanol–water partition coefficient (Wildman–Crippen LogP) is 10.7. The number of hydrogen-bond donors (Lipinski definition) is 0. The Morgan fingerprint density at radius 3 is 1.81 bits per heavy atom. The average Bonchev–Trinajstić information content (AvgIpc) is 3.58. The molecule has 0 radical (unpaired) electrons. The molecule has 0 atom stereocenters. The number of benzene rings is 7. The van der Waals surface area contributed by atoms with Crippen LogP contribution in [0.15, 0.2) is 158 Å². The summed E-state index contributed by atoms with van der Waals surface area (Å²) < 4.78 is 4.84. The third-order valence-corrected chi connectivity index (χ3v) is 8.69. The molecule has 0 aliphatic carbocycles. The first kappa shape index (κ1) is 23.1. The maximum atomic E-state index is 2.42. The molecule has 0 aliphatic rings. The highest BCUT2D eigenvalue weighted by Gasteiger charge is 2.18. The van der Waals surface area contributed by atoms with E-state index < -0.39 is 0 Å². The van der Waals surface area contributed by atoms with Crippen LogP contribution in [-0.4, -0.2) is 9.13 Å². The molecular weight excluding hydrogens is 508 g/mol. The molecular formula is C40H26N2. The summed E-state index contributed by atoms with van der Waals surface area (Å²) in [6.07, 6.45) is 0. The number of hydrogen-bond acceptors (Lipinski definition) is 0. The van der Waals surface area contributed by atoms with E-state index in [1.54, 1.807) is 0 Å². The molecule has 2 heterocycles. The zero-order chi connectivity index (χ0) is 27.6. The third kappa shape index (κ3) is 3.33. The summed E-state index contributed by atoms with van der Waals surface area (Å²) in [5, 5.41) is 7.56. The zero-order valence-electron chi connectivity index (χ0n) is 22.9. The SMILES string of the molecule is c1ccc(-n2c3ccccc3c3cccc(-c4ccc5c6ccccc6n(-c6ccc7ccccc7c6)c5c4)c32)cc1. The van der Waals surface area contributed by atoms with E-state index in [1.165, 1.54) is 76.9 Å². The second-order valence-electron chi connectivity index (χ2n) is 11.0. The van der Waals surface area contributed by atoms with E-state index in [1.807, 2.05) is 0 Å². The fourth-order valence-electron chi connectivity index (χ4n) is 6.83. The van der Waals surface area contributed by atoms with Crippen LogP contribution >= 0.6 is 0 Å². The summed E-state index contributed by atoms with van der Waals surface area (Å²) in [4.78, 5) is 0. The Morgan fingerprint density at radius 2 is 0.976 bits per heavy atom. The molecule has 0 unspecified atom stereocenters. The van der Waals surface area contributed by atoms with Gasteiger partial charge in [0.2, 0.25) is 0 Å². The first-order chi connectivity index (χ1) is 20.8. The van der Waals surface area contributed by atoms with Crippen molar-refractivity contribution in [2.45, 2.75) is 0 Å². The molecule has 9 rings (SSSR count). The van der Waals surface area contributed by atoms with Crippen molar-refractivity contribution in [3.63, 3.8) is 0 Å². The fraction of sp³-hybridized carbons (Fsp3) is 0. The van der Waals surface area contributed by atoms with Crippen LogP contribution in [0.5, 0.6) is 0 Å². The van der Waals surface area contributed by atoms with Gasteiger partial charge in [0.1, 0.15) is 0 Å². The zero-order valence-corrected chi connectivity index (χ0v) is 22.9. The van der Waals surface area contributed by atoms with E-state index >= 15 is 0 Å². The third-order valence-electron chi connectivity index (χ3n) is 8.69. The van der Waals surface area contributed by atoms with E-state index in [4.69, 9.17) is 0 Å². The maximum absolute atomic E-state index is 2.42. The van der Waals surface area contributed by atoms with Crippen LogP contribution in [0.4, 0.5) is 0 Å². The van der Waals surface area contributed by atoms with Crippen molar-refractivity contribution >= 4 is 54.4 Å². The maximum Gasteiger partial charge on any atom is 0.0619 e. The summed E-state index contributed by atoms with van der Waals surface area (Å²) in [5.41, 5.74) is 9.66. The van der Waals surface area contributed by atoms with Gasteiger partial charge in [0, 0.05) is 38.5 Å². The fourth-order valence-corrected chi connectivity index (χ4v) is 6.83. The summed E-state index contributed by atoms with van der Waals surface area (Å²) in [5.74, 6) is 0. The summed E-state index contributed by atoms with van der Waals surface area (Å²) in [7, 11) is 0. The van der Waals surface area contributed by atoms with Crippen LogP contribution in [0.2, 0.25) is 0 Å². The van der Waals surface area contributed by atoms with Gasteiger partial charge in [-0.1, -0.05) is 115 Å². The lowest BCUT2D eigenvalue weighted by molar-refractivity contribution is 1.18. The minimum Gasteiger partial charge on any atom is -0.309 e. The van der Waals surface area contributed by atoms with Crippen LogP contribution in [0.3, 0.4) is 0 Å². The van der Waals surface area contributed by atoms with Crippen molar-refractivity contribution < 1.29 is 0 Å². The van der Waals surface area contributed by atoms with Crippen molar-refractivity contribution in [1.29, 1.82) is 0 Å². The van der Waals surface area contributed by atoms with Crippen LogP contribution in [0, 0.1) is 0 Å². The molecule has 2 heteroatoms. The lowest BCUT2D eigenvalue weighted by atomic mass is 10.00. The van der Waals surface area contributed by atoms with Crippen LogP contribution in [0.25, 0.3) is 76.9 Å². The molecule has 0 aliphatic heterocycles. The molecule has 0 saturated carbocycles. The largest absolute Gasteiger partial charge is 0.309 e. The van der Waals surface area contributed by atoms with Crippen LogP contribution in [0.1, 0.15) is 0 Å². The summed E-state index contributed by atoms with van der Waals surface area (Å²) >= 11 is 0. The Bertz CT molecular complexity index is 2460. The van der Waals surface area contributed by atoms with E-state index in [2.05, 4.69) is 167 Å². The minimum atomic E-state index is 1.17. The number of fused-ring (bicyclic) bond motifs is 7. The molecule has 2 nitrogen and oxygen atoms in total. The first-order valence-electron chi connectivity index (χ1n) is 14.5. The standard InChI is InChI=1S/C40H26N2/c1-2-13-30(14-3-1)42-38-20-9-7-16-34(38)36-18-10-17-32(40(36)42)29-22-24-35-33-15-6-8-19-37(33)41(39(35)26-29)31-23-21-27-11-4-5-12-28(27)25-31/h1-26H. The lowest BCUT2D eigenvalue weighted by Gasteiger charge is -2.13. The minimum absolute atomic E-state index is 1.17. The highest BCUT2D eigenvalue weighted by atomic mass is 15.0. The first-order valence-corrected chi connectivity index (χ1v) is 14.5. The second kappa shape index (κ2) is 8.95. The second-order valence-corrected chi connectivity index (χ2v) is 11.0. The van der Waals surface area contributed by atoms with Gasteiger partial charge in [-0.25, -0.2) is 0 Å². The predicted molar refractivity (Wildman–Crippen MR) is 178 cm³/mol. The van der Waals surface area contributed by atoms with Gasteiger partial charge in [-0.05, 0) is 58.8 Å². The highest BCUT2D eigenvalue weighted by Crippen LogP contribution is 2.40. The molecule has 2 aromatic heterocycles. The van der Waals surface area contributed by atoms with Gasteiger partial charge in [-0.2, -0.15) is 0 Å². The van der Waals surface area contributed by atoms with Gasteiger partial charge in [-0.3, -0.25) is 0 Å². The summed E-state index contributed by atoms with van der Waals surface area (Å²) in [6, 6.07) is 57.3. The normalized spacial score (nSPS) is 11.8. The number of para-hydroxylation sites is 4. The molecule has 0 saturated heterocycles. The van der Waals surface area contributed by atoms with Gasteiger partial charge < -0.3 is 9.13 Å². The molecule has 0 fully saturated rings. The average molecular weight is 535 g/mol. The van der Waals surface area contributed by atoms with Gasteiger partial charge in [0.15, 0.2) is 0 Å². The quantitative estimate of drug-likeness (QED) is 0.213. The van der Waals surface area contributed by atoms with Crippen molar-refractivity contribution in [2.24, 2.45) is 0 Å². The van der Waals surface area contributed by atoms with Gasteiger partial charge in [0.05, 0.1) is 22.1 Å². The smallest absolute Gasteiger partial charge is 0.0619 e. The van der Waals surface area contributed by atoms with Crippen LogP contribution in [-0.2, 0) is 0 Å². The monoisotopic (exact) mass is 534 g/mol.